The molecule has 4 rings (SSSR count). The van der Waals surface area contributed by atoms with Gasteiger partial charge in [-0.1, -0.05) is 18.2 Å². The number of anilines is 3. The molecule has 7 heteroatoms. The molecule has 2 heterocycles. The van der Waals surface area contributed by atoms with Gasteiger partial charge in [0.2, 0.25) is 0 Å². The number of halogens is 3. The molecule has 0 radical (unpaired) electrons. The van der Waals surface area contributed by atoms with E-state index < -0.39 is 17.5 Å². The fraction of sp³-hybridized carbons (Fsp3) is 0.143. The Morgan fingerprint density at radius 2 is 1.86 bits per heavy atom. The molecule has 1 atom stereocenters. The molecule has 0 spiro atoms. The summed E-state index contributed by atoms with van der Waals surface area (Å²) >= 11 is 0. The Morgan fingerprint density at radius 1 is 1.07 bits per heavy atom. The van der Waals surface area contributed by atoms with Crippen molar-refractivity contribution in [2.45, 2.75) is 19.4 Å². The van der Waals surface area contributed by atoms with Crippen molar-refractivity contribution in [1.29, 1.82) is 0 Å². The van der Waals surface area contributed by atoms with E-state index in [1.165, 1.54) is 12.3 Å². The highest BCUT2D eigenvalue weighted by Crippen LogP contribution is 2.33. The molecule has 1 aliphatic rings. The first-order chi connectivity index (χ1) is 13.5. The second kappa shape index (κ2) is 6.99. The Morgan fingerprint density at radius 3 is 2.61 bits per heavy atom. The molecule has 0 bridgehead atoms. The number of carbonyl (C=O) groups is 1. The second-order valence-electron chi connectivity index (χ2n) is 6.64. The van der Waals surface area contributed by atoms with E-state index >= 15 is 0 Å². The zero-order valence-corrected chi connectivity index (χ0v) is 14.9. The molecule has 1 unspecified atom stereocenters. The third kappa shape index (κ3) is 3.09. The molecule has 3 aromatic rings. The van der Waals surface area contributed by atoms with Gasteiger partial charge in [0.05, 0.1) is 11.3 Å². The average Bonchev–Trinajstić information content (AvgIpc) is 3.04. The molecular formula is C21H16F3N3O. The summed E-state index contributed by atoms with van der Waals surface area (Å²) in [6, 6.07) is 12.7. The van der Waals surface area contributed by atoms with Crippen LogP contribution in [0.4, 0.5) is 30.4 Å². The van der Waals surface area contributed by atoms with E-state index in [4.69, 9.17) is 0 Å². The van der Waals surface area contributed by atoms with E-state index in [1.54, 1.807) is 11.0 Å². The van der Waals surface area contributed by atoms with Gasteiger partial charge in [0.15, 0.2) is 17.5 Å². The van der Waals surface area contributed by atoms with Crippen molar-refractivity contribution in [3.05, 3.63) is 83.3 Å². The zero-order chi connectivity index (χ0) is 19.8. The van der Waals surface area contributed by atoms with Gasteiger partial charge in [0.1, 0.15) is 5.82 Å². The number of nitrogens with one attached hydrogen (secondary N) is 1. The topological polar surface area (TPSA) is 45.2 Å². The predicted molar refractivity (Wildman–Crippen MR) is 100 cm³/mol. The van der Waals surface area contributed by atoms with Crippen molar-refractivity contribution in [3.63, 3.8) is 0 Å². The summed E-state index contributed by atoms with van der Waals surface area (Å²) in [6.45, 7) is 1.98. The molecule has 1 aliphatic heterocycles. The third-order valence-electron chi connectivity index (χ3n) is 4.73. The van der Waals surface area contributed by atoms with Crippen LogP contribution in [0.3, 0.4) is 0 Å². The van der Waals surface area contributed by atoms with E-state index in [0.29, 0.717) is 5.56 Å². The van der Waals surface area contributed by atoms with Gasteiger partial charge in [-0.2, -0.15) is 0 Å². The van der Waals surface area contributed by atoms with Crippen molar-refractivity contribution >= 4 is 23.1 Å². The Balaban J connectivity index is 1.56. The number of pyridine rings is 1. The highest BCUT2D eigenvalue weighted by atomic mass is 19.2. The highest BCUT2D eigenvalue weighted by molar-refractivity contribution is 6.07. The summed E-state index contributed by atoms with van der Waals surface area (Å²) in [7, 11) is 0. The number of carbonyl (C=O) groups excluding carboxylic acids is 1. The van der Waals surface area contributed by atoms with Gasteiger partial charge in [-0.3, -0.25) is 4.79 Å². The molecule has 0 aliphatic carbocycles. The third-order valence-corrected chi connectivity index (χ3v) is 4.73. The molecule has 1 amide bonds. The summed E-state index contributed by atoms with van der Waals surface area (Å²) in [5.74, 6) is -4.13. The van der Waals surface area contributed by atoms with E-state index in [1.807, 2.05) is 31.2 Å². The van der Waals surface area contributed by atoms with Crippen LogP contribution < -0.4 is 10.2 Å². The van der Waals surface area contributed by atoms with Crippen LogP contribution >= 0.6 is 0 Å². The summed E-state index contributed by atoms with van der Waals surface area (Å²) in [6.07, 6.45) is 2.15. The van der Waals surface area contributed by atoms with Crippen molar-refractivity contribution in [2.24, 2.45) is 0 Å². The maximum Gasteiger partial charge on any atom is 0.260 e. The normalized spacial score (nSPS) is 15.4. The standard InChI is InChI=1S/C21H16F3N3O/c1-12-10-13-4-2-3-5-17(13)27(12)21(28)14-6-9-18(25-11-14)26-16-8-7-15(22)19(23)20(16)24/h2-9,11-12H,10H2,1H3,(H,25,26). The Bertz CT molecular complexity index is 1050. The lowest BCUT2D eigenvalue weighted by Gasteiger charge is -2.22. The number of benzene rings is 2. The first kappa shape index (κ1) is 18.0. The molecule has 1 N–H and O–H groups in total. The summed E-state index contributed by atoms with van der Waals surface area (Å²) in [4.78, 5) is 18.8. The lowest BCUT2D eigenvalue weighted by atomic mass is 10.1. The molecular weight excluding hydrogens is 367 g/mol. The first-order valence-electron chi connectivity index (χ1n) is 8.73. The number of nitrogens with zero attached hydrogens (tertiary/aromatic N) is 2. The van der Waals surface area contributed by atoms with Crippen molar-refractivity contribution in [3.8, 4) is 0 Å². The average molecular weight is 383 g/mol. The van der Waals surface area contributed by atoms with Crippen LogP contribution in [0.5, 0.6) is 0 Å². The lowest BCUT2D eigenvalue weighted by molar-refractivity contribution is 0.0981. The monoisotopic (exact) mass is 383 g/mol. The number of hydrogen-bond donors (Lipinski definition) is 1. The van der Waals surface area contributed by atoms with Crippen molar-refractivity contribution < 1.29 is 18.0 Å². The smallest absolute Gasteiger partial charge is 0.260 e. The highest BCUT2D eigenvalue weighted by Gasteiger charge is 2.31. The van der Waals surface area contributed by atoms with Gasteiger partial charge in [-0.15, -0.1) is 0 Å². The lowest BCUT2D eigenvalue weighted by Crippen LogP contribution is -2.35. The molecule has 0 fully saturated rings. The van der Waals surface area contributed by atoms with Crippen LogP contribution in [0.15, 0.2) is 54.7 Å². The Kier molecular flexibility index (Phi) is 4.50. The van der Waals surface area contributed by atoms with Gasteiger partial charge in [0.25, 0.3) is 5.91 Å². The van der Waals surface area contributed by atoms with Crippen LogP contribution in [0.2, 0.25) is 0 Å². The second-order valence-corrected chi connectivity index (χ2v) is 6.64. The van der Waals surface area contributed by atoms with Crippen molar-refractivity contribution in [1.82, 2.24) is 4.98 Å². The number of fused-ring (bicyclic) bond motifs is 1. The van der Waals surface area contributed by atoms with Crippen LogP contribution in [0.1, 0.15) is 22.8 Å². The van der Waals surface area contributed by atoms with Gasteiger partial charge in [-0.25, -0.2) is 18.2 Å². The summed E-state index contributed by atoms with van der Waals surface area (Å²) < 4.78 is 40.1. The van der Waals surface area contributed by atoms with Crippen molar-refractivity contribution in [2.75, 3.05) is 10.2 Å². The minimum absolute atomic E-state index is 0.0268. The maximum atomic E-state index is 13.8. The number of amides is 1. The molecule has 4 nitrogen and oxygen atoms in total. The molecule has 28 heavy (non-hydrogen) atoms. The Labute approximate surface area is 159 Å². The van der Waals surface area contributed by atoms with Gasteiger partial charge in [0, 0.05) is 17.9 Å². The van der Waals surface area contributed by atoms with Gasteiger partial charge >= 0.3 is 0 Å². The molecule has 0 saturated heterocycles. The van der Waals surface area contributed by atoms with Crippen LogP contribution in [-0.2, 0) is 6.42 Å². The quantitative estimate of drug-likeness (QED) is 0.659. The van der Waals surface area contributed by atoms with Crippen LogP contribution in [-0.4, -0.2) is 16.9 Å². The van der Waals surface area contributed by atoms with E-state index in [-0.39, 0.29) is 23.5 Å². The van der Waals surface area contributed by atoms with Gasteiger partial charge in [-0.05, 0) is 49.2 Å². The number of para-hydroxylation sites is 1. The van der Waals surface area contributed by atoms with E-state index in [9.17, 15) is 18.0 Å². The SMILES string of the molecule is CC1Cc2ccccc2N1C(=O)c1ccc(Nc2ccc(F)c(F)c2F)nc1. The summed E-state index contributed by atoms with van der Waals surface area (Å²) in [5.41, 5.74) is 2.13. The number of hydrogen-bond acceptors (Lipinski definition) is 3. The Hall–Kier alpha value is -3.35. The minimum atomic E-state index is -1.56. The molecule has 142 valence electrons. The largest absolute Gasteiger partial charge is 0.338 e. The molecule has 2 aromatic carbocycles. The minimum Gasteiger partial charge on any atom is -0.338 e. The van der Waals surface area contributed by atoms with Crippen LogP contribution in [0, 0.1) is 17.5 Å². The zero-order valence-electron chi connectivity index (χ0n) is 14.9. The fourth-order valence-corrected chi connectivity index (χ4v) is 3.37. The molecule has 1 aromatic heterocycles. The van der Waals surface area contributed by atoms with E-state index in [0.717, 1.165) is 29.8 Å². The first-order valence-corrected chi connectivity index (χ1v) is 8.73. The predicted octanol–water partition coefficient (Wildman–Crippen LogP) is 4.83. The van der Waals surface area contributed by atoms with Gasteiger partial charge < -0.3 is 10.2 Å². The van der Waals surface area contributed by atoms with Crippen LogP contribution in [0.25, 0.3) is 0 Å². The fourth-order valence-electron chi connectivity index (χ4n) is 3.37. The number of aromatic nitrogens is 1. The molecule has 0 saturated carbocycles. The van der Waals surface area contributed by atoms with E-state index in [2.05, 4.69) is 10.3 Å². The summed E-state index contributed by atoms with van der Waals surface area (Å²) in [5, 5.41) is 2.58. The number of rotatable bonds is 3. The maximum absolute atomic E-state index is 13.8.